The molecular weight excluding hydrogens is 262 g/mol. The molecule has 0 radical (unpaired) electrons. The highest BCUT2D eigenvalue weighted by molar-refractivity contribution is 7.09. The van der Waals surface area contributed by atoms with Gasteiger partial charge in [0, 0.05) is 17.3 Å². The first kappa shape index (κ1) is 12.1. The van der Waals surface area contributed by atoms with Crippen LogP contribution < -0.4 is 5.32 Å². The van der Waals surface area contributed by atoms with E-state index in [1.54, 1.807) is 12.3 Å². The Morgan fingerprint density at radius 3 is 3.11 bits per heavy atom. The molecule has 3 rings (SSSR count). The maximum atomic E-state index is 11.3. The summed E-state index contributed by atoms with van der Waals surface area (Å²) >= 11 is 1.53. The van der Waals surface area contributed by atoms with E-state index in [0.29, 0.717) is 12.4 Å². The van der Waals surface area contributed by atoms with E-state index in [0.717, 1.165) is 35.5 Å². The zero-order valence-corrected chi connectivity index (χ0v) is 11.0. The van der Waals surface area contributed by atoms with Gasteiger partial charge < -0.3 is 10.4 Å². The fourth-order valence-electron chi connectivity index (χ4n) is 2.27. The molecule has 2 N–H and O–H groups in total. The third kappa shape index (κ3) is 2.44. The van der Waals surface area contributed by atoms with Crippen molar-refractivity contribution in [2.24, 2.45) is 0 Å². The van der Waals surface area contributed by atoms with Crippen LogP contribution in [0.1, 0.15) is 33.0 Å². The van der Waals surface area contributed by atoms with Crippen molar-refractivity contribution in [3.05, 3.63) is 39.5 Å². The van der Waals surface area contributed by atoms with Gasteiger partial charge in [-0.05, 0) is 30.9 Å². The molecule has 1 aliphatic rings. The summed E-state index contributed by atoms with van der Waals surface area (Å²) in [5, 5.41) is 15.2. The van der Waals surface area contributed by atoms with Gasteiger partial charge in [-0.1, -0.05) is 0 Å². The van der Waals surface area contributed by atoms with Crippen LogP contribution in [-0.4, -0.2) is 21.0 Å². The van der Waals surface area contributed by atoms with E-state index in [4.69, 9.17) is 0 Å². The summed E-state index contributed by atoms with van der Waals surface area (Å²) in [6.07, 6.45) is 4.64. The smallest absolute Gasteiger partial charge is 0.339 e. The van der Waals surface area contributed by atoms with Gasteiger partial charge in [0.1, 0.15) is 16.4 Å². The molecule has 6 heteroatoms. The third-order valence-corrected chi connectivity index (χ3v) is 3.95. The molecular formula is C13H13N3O2S. The monoisotopic (exact) mass is 275 g/mol. The number of fused-ring (bicyclic) bond motifs is 1. The van der Waals surface area contributed by atoms with E-state index >= 15 is 0 Å². The molecule has 0 saturated carbocycles. The fraction of sp³-hybridized carbons (Fsp3) is 0.308. The zero-order chi connectivity index (χ0) is 13.2. The van der Waals surface area contributed by atoms with Crippen LogP contribution in [0.5, 0.6) is 0 Å². The predicted octanol–water partition coefficient (Wildman–Crippen LogP) is 2.34. The number of thiazole rings is 1. The Hall–Kier alpha value is -1.95. The standard InChI is InChI=1S/C13H13N3O2S/c17-13(18)9-6-8-2-1-3-10(8)16-12(9)15-7-11-14-4-5-19-11/h4-6H,1-3,7H2,(H,15,16)(H,17,18). The van der Waals surface area contributed by atoms with Crippen LogP contribution in [0.15, 0.2) is 17.6 Å². The van der Waals surface area contributed by atoms with Crippen molar-refractivity contribution in [1.29, 1.82) is 0 Å². The molecule has 0 saturated heterocycles. The highest BCUT2D eigenvalue weighted by Gasteiger charge is 2.19. The van der Waals surface area contributed by atoms with E-state index in [1.807, 2.05) is 5.38 Å². The van der Waals surface area contributed by atoms with Crippen LogP contribution >= 0.6 is 11.3 Å². The second-order valence-electron chi connectivity index (χ2n) is 4.43. The van der Waals surface area contributed by atoms with Crippen LogP contribution in [0.3, 0.4) is 0 Å². The SMILES string of the molecule is O=C(O)c1cc2c(nc1NCc1nccs1)CCC2. The van der Waals surface area contributed by atoms with E-state index < -0.39 is 5.97 Å². The minimum Gasteiger partial charge on any atom is -0.478 e. The quantitative estimate of drug-likeness (QED) is 0.895. The van der Waals surface area contributed by atoms with Crippen molar-refractivity contribution in [2.45, 2.75) is 25.8 Å². The van der Waals surface area contributed by atoms with Gasteiger partial charge in [0.2, 0.25) is 0 Å². The highest BCUT2D eigenvalue weighted by Crippen LogP contribution is 2.25. The lowest BCUT2D eigenvalue weighted by molar-refractivity contribution is 0.0697. The largest absolute Gasteiger partial charge is 0.478 e. The number of aromatic nitrogens is 2. The van der Waals surface area contributed by atoms with E-state index in [1.165, 1.54) is 11.3 Å². The van der Waals surface area contributed by atoms with Crippen LogP contribution in [0.25, 0.3) is 0 Å². The number of nitrogens with one attached hydrogen (secondary N) is 1. The molecule has 1 aliphatic carbocycles. The summed E-state index contributed by atoms with van der Waals surface area (Å²) in [6.45, 7) is 0.504. The van der Waals surface area contributed by atoms with Gasteiger partial charge in [-0.15, -0.1) is 11.3 Å². The van der Waals surface area contributed by atoms with Gasteiger partial charge in [0.05, 0.1) is 6.54 Å². The molecule has 98 valence electrons. The van der Waals surface area contributed by atoms with Crippen LogP contribution in [0, 0.1) is 0 Å². The fourth-order valence-corrected chi connectivity index (χ4v) is 2.83. The lowest BCUT2D eigenvalue weighted by atomic mass is 10.1. The first-order chi connectivity index (χ1) is 9.24. The predicted molar refractivity (Wildman–Crippen MR) is 72.7 cm³/mol. The Morgan fingerprint density at radius 1 is 1.47 bits per heavy atom. The van der Waals surface area contributed by atoms with Gasteiger partial charge in [-0.2, -0.15) is 0 Å². The summed E-state index contributed by atoms with van der Waals surface area (Å²) < 4.78 is 0. The van der Waals surface area contributed by atoms with Crippen molar-refractivity contribution in [2.75, 3.05) is 5.32 Å². The molecule has 2 heterocycles. The van der Waals surface area contributed by atoms with E-state index in [-0.39, 0.29) is 5.56 Å². The summed E-state index contributed by atoms with van der Waals surface area (Å²) in [5.41, 5.74) is 2.33. The number of aromatic carboxylic acids is 1. The minimum absolute atomic E-state index is 0.247. The van der Waals surface area contributed by atoms with Gasteiger partial charge in [-0.3, -0.25) is 0 Å². The molecule has 0 unspecified atom stereocenters. The molecule has 19 heavy (non-hydrogen) atoms. The summed E-state index contributed by atoms with van der Waals surface area (Å²) in [7, 11) is 0. The Balaban J connectivity index is 1.88. The van der Waals surface area contributed by atoms with Gasteiger partial charge in [0.25, 0.3) is 0 Å². The lowest BCUT2D eigenvalue weighted by Gasteiger charge is -2.10. The first-order valence-electron chi connectivity index (χ1n) is 6.12. The average molecular weight is 275 g/mol. The maximum absolute atomic E-state index is 11.3. The number of carbonyl (C=O) groups is 1. The van der Waals surface area contributed by atoms with Crippen LogP contribution in [-0.2, 0) is 19.4 Å². The molecule has 2 aromatic rings. The van der Waals surface area contributed by atoms with Gasteiger partial charge in [0.15, 0.2) is 0 Å². The number of hydrogen-bond acceptors (Lipinski definition) is 5. The average Bonchev–Trinajstić information content (AvgIpc) is 3.05. The second-order valence-corrected chi connectivity index (χ2v) is 5.41. The molecule has 0 aliphatic heterocycles. The second kappa shape index (κ2) is 4.97. The van der Waals surface area contributed by atoms with Crippen molar-refractivity contribution in [1.82, 2.24) is 9.97 Å². The summed E-state index contributed by atoms with van der Waals surface area (Å²) in [6, 6.07) is 1.75. The van der Waals surface area contributed by atoms with E-state index in [9.17, 15) is 9.90 Å². The molecule has 0 bridgehead atoms. The topological polar surface area (TPSA) is 75.1 Å². The summed E-state index contributed by atoms with van der Waals surface area (Å²) in [5.74, 6) is -0.493. The number of hydrogen-bond donors (Lipinski definition) is 2. The Kier molecular flexibility index (Phi) is 3.16. The van der Waals surface area contributed by atoms with Crippen molar-refractivity contribution in [3.63, 3.8) is 0 Å². The normalized spacial score (nSPS) is 13.3. The Morgan fingerprint density at radius 2 is 2.37 bits per heavy atom. The number of carboxylic acids is 1. The van der Waals surface area contributed by atoms with Gasteiger partial charge >= 0.3 is 5.97 Å². The molecule has 2 aromatic heterocycles. The lowest BCUT2D eigenvalue weighted by Crippen LogP contribution is -2.10. The Bertz CT molecular complexity index is 611. The molecule has 0 spiro atoms. The van der Waals surface area contributed by atoms with Crippen molar-refractivity contribution < 1.29 is 9.90 Å². The van der Waals surface area contributed by atoms with Crippen molar-refractivity contribution >= 4 is 23.1 Å². The molecule has 0 fully saturated rings. The van der Waals surface area contributed by atoms with Crippen LogP contribution in [0.4, 0.5) is 5.82 Å². The van der Waals surface area contributed by atoms with Crippen LogP contribution in [0.2, 0.25) is 0 Å². The summed E-state index contributed by atoms with van der Waals surface area (Å²) in [4.78, 5) is 19.9. The third-order valence-electron chi connectivity index (χ3n) is 3.17. The molecule has 5 nitrogen and oxygen atoms in total. The maximum Gasteiger partial charge on any atom is 0.339 e. The molecule has 0 amide bonds. The first-order valence-corrected chi connectivity index (χ1v) is 7.00. The Labute approximate surface area is 114 Å². The van der Waals surface area contributed by atoms with Gasteiger partial charge in [-0.25, -0.2) is 14.8 Å². The number of carboxylic acid groups (broad SMARTS) is 1. The van der Waals surface area contributed by atoms with Crippen molar-refractivity contribution in [3.8, 4) is 0 Å². The number of anilines is 1. The minimum atomic E-state index is -0.941. The molecule has 0 atom stereocenters. The molecule has 0 aromatic carbocycles. The number of pyridine rings is 1. The zero-order valence-electron chi connectivity index (χ0n) is 10.2. The number of nitrogens with zero attached hydrogens (tertiary/aromatic N) is 2. The number of rotatable bonds is 4. The highest BCUT2D eigenvalue weighted by atomic mass is 32.1. The number of aryl methyl sites for hydroxylation is 2. The van der Waals surface area contributed by atoms with E-state index in [2.05, 4.69) is 15.3 Å².